The predicted octanol–water partition coefficient (Wildman–Crippen LogP) is 1.63. The Morgan fingerprint density at radius 2 is 2.05 bits per heavy atom. The van der Waals surface area contributed by atoms with Crippen LogP contribution in [0.2, 0.25) is 0 Å². The van der Waals surface area contributed by atoms with Gasteiger partial charge in [-0.15, -0.1) is 0 Å². The van der Waals surface area contributed by atoms with E-state index < -0.39 is 18.2 Å². The van der Waals surface area contributed by atoms with Crippen molar-refractivity contribution in [3.8, 4) is 0 Å². The summed E-state index contributed by atoms with van der Waals surface area (Å²) in [5, 5.41) is 12.1. The lowest BCUT2D eigenvalue weighted by molar-refractivity contribution is -0.150. The lowest BCUT2D eigenvalue weighted by atomic mass is 10.1. The molecule has 1 unspecified atom stereocenters. The van der Waals surface area contributed by atoms with Gasteiger partial charge in [-0.3, -0.25) is 5.32 Å². The van der Waals surface area contributed by atoms with Gasteiger partial charge in [0.1, 0.15) is 6.61 Å². The molecule has 2 N–H and O–H groups in total. The molecule has 0 saturated carbocycles. The number of amides is 1. The third-order valence-electron chi connectivity index (χ3n) is 2.23. The number of aliphatic hydroxyl groups is 1. The fraction of sp³-hybridized carbons (Fsp3) is 0.231. The van der Waals surface area contributed by atoms with Gasteiger partial charge in [0, 0.05) is 5.69 Å². The molecule has 6 heteroatoms. The van der Waals surface area contributed by atoms with Crippen LogP contribution in [-0.4, -0.2) is 30.9 Å². The molecule has 0 aliphatic rings. The number of methoxy groups -OCH3 is 1. The van der Waals surface area contributed by atoms with E-state index >= 15 is 0 Å². The molecule has 1 atom stereocenters. The van der Waals surface area contributed by atoms with Crippen LogP contribution in [0.15, 0.2) is 36.9 Å². The average Bonchev–Trinajstić information content (AvgIpc) is 2.44. The van der Waals surface area contributed by atoms with Gasteiger partial charge in [0.2, 0.25) is 0 Å². The molecule has 1 amide bonds. The largest absolute Gasteiger partial charge is 0.467 e. The number of rotatable bonds is 5. The Labute approximate surface area is 110 Å². The molecule has 0 heterocycles. The Bertz CT molecular complexity index is 455. The lowest BCUT2D eigenvalue weighted by Crippen LogP contribution is -2.15. The van der Waals surface area contributed by atoms with Crippen LogP contribution in [0.3, 0.4) is 0 Å². The molecule has 1 rings (SSSR count). The second-order valence-corrected chi connectivity index (χ2v) is 3.56. The topological polar surface area (TPSA) is 84.9 Å². The summed E-state index contributed by atoms with van der Waals surface area (Å²) >= 11 is 0. The molecular weight excluding hydrogens is 250 g/mol. The molecule has 0 spiro atoms. The first-order chi connectivity index (χ1) is 9.08. The Hall–Kier alpha value is -2.34. The second-order valence-electron chi connectivity index (χ2n) is 3.56. The van der Waals surface area contributed by atoms with E-state index in [-0.39, 0.29) is 6.61 Å². The van der Waals surface area contributed by atoms with E-state index in [0.29, 0.717) is 11.3 Å². The number of aliphatic hydroxyl groups excluding tert-OH is 1. The van der Waals surface area contributed by atoms with Gasteiger partial charge < -0.3 is 14.6 Å². The molecule has 1 aromatic carbocycles. The lowest BCUT2D eigenvalue weighted by Gasteiger charge is -2.10. The van der Waals surface area contributed by atoms with Crippen LogP contribution in [0.1, 0.15) is 11.7 Å². The molecule has 0 aliphatic carbocycles. The summed E-state index contributed by atoms with van der Waals surface area (Å²) in [6.07, 6.45) is -0.497. The predicted molar refractivity (Wildman–Crippen MR) is 68.6 cm³/mol. The summed E-state index contributed by atoms with van der Waals surface area (Å²) < 4.78 is 9.15. The molecule has 0 saturated heterocycles. The van der Waals surface area contributed by atoms with Crippen LogP contribution >= 0.6 is 0 Å². The number of esters is 1. The molecule has 0 aromatic heterocycles. The average molecular weight is 265 g/mol. The minimum absolute atomic E-state index is 0.116. The first-order valence-electron chi connectivity index (χ1n) is 5.49. The number of hydrogen-bond acceptors (Lipinski definition) is 5. The zero-order valence-corrected chi connectivity index (χ0v) is 10.5. The molecule has 1 aromatic rings. The highest BCUT2D eigenvalue weighted by Crippen LogP contribution is 2.17. The van der Waals surface area contributed by atoms with E-state index in [0.717, 1.165) is 0 Å². The van der Waals surface area contributed by atoms with Crippen LogP contribution in [0.4, 0.5) is 10.5 Å². The molecule has 0 fully saturated rings. The van der Waals surface area contributed by atoms with Crippen molar-refractivity contribution in [3.05, 3.63) is 42.5 Å². The number of anilines is 1. The molecule has 0 aliphatic heterocycles. The summed E-state index contributed by atoms with van der Waals surface area (Å²) in [6.45, 7) is 3.53. The first-order valence-corrected chi connectivity index (χ1v) is 5.49. The smallest absolute Gasteiger partial charge is 0.411 e. The van der Waals surface area contributed by atoms with E-state index in [2.05, 4.69) is 16.6 Å². The Morgan fingerprint density at radius 1 is 1.42 bits per heavy atom. The monoisotopic (exact) mass is 265 g/mol. The van der Waals surface area contributed by atoms with Gasteiger partial charge in [-0.1, -0.05) is 24.8 Å². The van der Waals surface area contributed by atoms with Crippen molar-refractivity contribution in [2.45, 2.75) is 6.10 Å². The van der Waals surface area contributed by atoms with Crippen LogP contribution in [0, 0.1) is 0 Å². The maximum atomic E-state index is 11.2. The second kappa shape index (κ2) is 7.17. The van der Waals surface area contributed by atoms with Crippen molar-refractivity contribution >= 4 is 17.7 Å². The molecule has 0 bridgehead atoms. The Kier molecular flexibility index (Phi) is 5.56. The summed E-state index contributed by atoms with van der Waals surface area (Å²) in [5.74, 6) is -0.744. The highest BCUT2D eigenvalue weighted by atomic mass is 16.5. The van der Waals surface area contributed by atoms with E-state index in [1.807, 2.05) is 0 Å². The van der Waals surface area contributed by atoms with Gasteiger partial charge in [-0.2, -0.15) is 0 Å². The highest BCUT2D eigenvalue weighted by Gasteiger charge is 2.17. The molecule has 102 valence electrons. The number of hydrogen-bond donors (Lipinski definition) is 2. The number of carbonyl (C=O) groups excluding carboxylic acids is 2. The minimum Gasteiger partial charge on any atom is -0.467 e. The maximum absolute atomic E-state index is 11.2. The standard InChI is InChI=1S/C13H15NO5/c1-3-8-19-13(17)14-10-6-4-9(5-7-10)11(15)12(16)18-2/h3-7,11,15H,1,8H2,2H3,(H,14,17). The van der Waals surface area contributed by atoms with Crippen LogP contribution in [-0.2, 0) is 14.3 Å². The van der Waals surface area contributed by atoms with Gasteiger partial charge in [-0.05, 0) is 17.7 Å². The van der Waals surface area contributed by atoms with Crippen LogP contribution < -0.4 is 5.32 Å². The van der Waals surface area contributed by atoms with Crippen molar-refractivity contribution in [1.29, 1.82) is 0 Å². The maximum Gasteiger partial charge on any atom is 0.411 e. The van der Waals surface area contributed by atoms with Gasteiger partial charge >= 0.3 is 12.1 Å². The number of nitrogens with one attached hydrogen (secondary N) is 1. The Morgan fingerprint density at radius 3 is 2.58 bits per heavy atom. The van der Waals surface area contributed by atoms with Crippen molar-refractivity contribution in [2.24, 2.45) is 0 Å². The summed E-state index contributed by atoms with van der Waals surface area (Å²) in [6, 6.07) is 6.09. The van der Waals surface area contributed by atoms with E-state index in [1.54, 1.807) is 0 Å². The summed E-state index contributed by atoms with van der Waals surface area (Å²) in [5.41, 5.74) is 0.853. The third-order valence-corrected chi connectivity index (χ3v) is 2.23. The molecule has 0 radical (unpaired) electrons. The Balaban J connectivity index is 2.63. The summed E-state index contributed by atoms with van der Waals surface area (Å²) in [7, 11) is 1.19. The molecule has 6 nitrogen and oxygen atoms in total. The number of ether oxygens (including phenoxy) is 2. The summed E-state index contributed by atoms with van der Waals surface area (Å²) in [4.78, 5) is 22.4. The fourth-order valence-corrected chi connectivity index (χ4v) is 1.29. The van der Waals surface area contributed by atoms with Crippen molar-refractivity contribution in [2.75, 3.05) is 19.0 Å². The van der Waals surface area contributed by atoms with Crippen LogP contribution in [0.25, 0.3) is 0 Å². The van der Waals surface area contributed by atoms with Crippen molar-refractivity contribution < 1.29 is 24.2 Å². The molecular formula is C13H15NO5. The quantitative estimate of drug-likeness (QED) is 0.624. The minimum atomic E-state index is -1.34. The van der Waals surface area contributed by atoms with Gasteiger partial charge in [0.15, 0.2) is 6.10 Å². The van der Waals surface area contributed by atoms with Gasteiger partial charge in [-0.25, -0.2) is 9.59 Å². The zero-order valence-electron chi connectivity index (χ0n) is 10.5. The first kappa shape index (κ1) is 14.7. The van der Waals surface area contributed by atoms with E-state index in [1.165, 1.54) is 37.5 Å². The SMILES string of the molecule is C=CCOC(=O)Nc1ccc(C(O)C(=O)OC)cc1. The van der Waals surface area contributed by atoms with Crippen LogP contribution in [0.5, 0.6) is 0 Å². The van der Waals surface area contributed by atoms with E-state index in [4.69, 9.17) is 4.74 Å². The van der Waals surface area contributed by atoms with Gasteiger partial charge in [0.05, 0.1) is 7.11 Å². The van der Waals surface area contributed by atoms with Crippen molar-refractivity contribution in [1.82, 2.24) is 0 Å². The van der Waals surface area contributed by atoms with E-state index in [9.17, 15) is 14.7 Å². The number of benzene rings is 1. The van der Waals surface area contributed by atoms with Gasteiger partial charge in [0.25, 0.3) is 0 Å². The highest BCUT2D eigenvalue weighted by molar-refractivity contribution is 5.84. The fourth-order valence-electron chi connectivity index (χ4n) is 1.29. The normalized spacial score (nSPS) is 11.3. The molecule has 19 heavy (non-hydrogen) atoms. The third kappa shape index (κ3) is 4.44. The van der Waals surface area contributed by atoms with Crippen molar-refractivity contribution in [3.63, 3.8) is 0 Å². The zero-order chi connectivity index (χ0) is 14.3. The number of carbonyl (C=O) groups is 2.